The summed E-state index contributed by atoms with van der Waals surface area (Å²) in [5.41, 5.74) is 0.626. The quantitative estimate of drug-likeness (QED) is 0.573. The third-order valence-electron chi connectivity index (χ3n) is 3.77. The summed E-state index contributed by atoms with van der Waals surface area (Å²) in [5.74, 6) is 0.425. The second-order valence-electron chi connectivity index (χ2n) is 5.54. The van der Waals surface area contributed by atoms with Gasteiger partial charge in [-0.1, -0.05) is 45.7 Å². The van der Waals surface area contributed by atoms with E-state index < -0.39 is 17.8 Å². The van der Waals surface area contributed by atoms with E-state index in [0.29, 0.717) is 23.0 Å². The highest BCUT2D eigenvalue weighted by Gasteiger charge is 2.31. The number of benzene rings is 2. The van der Waals surface area contributed by atoms with Crippen molar-refractivity contribution in [3.8, 4) is 0 Å². The molecule has 0 fully saturated rings. The number of hydrogen-bond acceptors (Lipinski definition) is 3. The Morgan fingerprint density at radius 2 is 2.00 bits per heavy atom. The summed E-state index contributed by atoms with van der Waals surface area (Å²) in [6, 6.07) is 9.90. The van der Waals surface area contributed by atoms with E-state index in [2.05, 4.69) is 36.4 Å². The van der Waals surface area contributed by atoms with Crippen molar-refractivity contribution in [3.63, 3.8) is 0 Å². The molecule has 0 aliphatic heterocycles. The molecule has 2 aromatic carbocycles. The third-order valence-corrected chi connectivity index (χ3v) is 4.74. The van der Waals surface area contributed by atoms with Crippen molar-refractivity contribution in [2.45, 2.75) is 18.8 Å². The van der Waals surface area contributed by atoms with Crippen LogP contribution >= 0.6 is 27.5 Å². The van der Waals surface area contributed by atoms with Gasteiger partial charge in [0.1, 0.15) is 12.2 Å². The van der Waals surface area contributed by atoms with Crippen LogP contribution < -0.4 is 5.32 Å². The molecule has 0 aliphatic carbocycles. The molecule has 3 aromatic rings. The standard InChI is InChI=1S/C17H13BrClF3N4/c18-14-7-13(19)5-4-11(14)8-23-15(16-24-9-25-26-16)10-2-1-3-12(6-10)17(20,21)22/h1-7,9,15,23H,8H2,(H,24,25,26). The molecule has 0 radical (unpaired) electrons. The van der Waals surface area contributed by atoms with Crippen molar-refractivity contribution in [2.24, 2.45) is 0 Å². The fourth-order valence-corrected chi connectivity index (χ4v) is 3.32. The average molecular weight is 446 g/mol. The molecule has 1 atom stereocenters. The molecule has 136 valence electrons. The van der Waals surface area contributed by atoms with Gasteiger partial charge < -0.3 is 0 Å². The second kappa shape index (κ2) is 7.77. The average Bonchev–Trinajstić information content (AvgIpc) is 3.11. The van der Waals surface area contributed by atoms with Gasteiger partial charge in [0.2, 0.25) is 0 Å². The van der Waals surface area contributed by atoms with Gasteiger partial charge in [-0.2, -0.15) is 18.3 Å². The SMILES string of the molecule is FC(F)(F)c1cccc(C(NCc2ccc(Cl)cc2Br)c2ncn[nH]2)c1. The Kier molecular flexibility index (Phi) is 5.64. The van der Waals surface area contributed by atoms with E-state index in [-0.39, 0.29) is 0 Å². The lowest BCUT2D eigenvalue weighted by Crippen LogP contribution is -2.24. The smallest absolute Gasteiger partial charge is 0.299 e. The lowest BCUT2D eigenvalue weighted by molar-refractivity contribution is -0.137. The Morgan fingerprint density at radius 3 is 2.65 bits per heavy atom. The molecule has 0 saturated carbocycles. The molecular formula is C17H13BrClF3N4. The van der Waals surface area contributed by atoms with Crippen LogP contribution in [-0.4, -0.2) is 15.2 Å². The minimum atomic E-state index is -4.42. The number of halogens is 5. The number of alkyl halides is 3. The summed E-state index contributed by atoms with van der Waals surface area (Å²) < 4.78 is 39.9. The van der Waals surface area contributed by atoms with E-state index in [1.165, 1.54) is 12.4 Å². The maximum absolute atomic E-state index is 13.0. The van der Waals surface area contributed by atoms with Gasteiger partial charge in [-0.3, -0.25) is 10.4 Å². The van der Waals surface area contributed by atoms with Crippen molar-refractivity contribution in [3.05, 3.63) is 80.8 Å². The molecule has 0 bridgehead atoms. The molecule has 0 aliphatic rings. The Labute approximate surface area is 160 Å². The van der Waals surface area contributed by atoms with Crippen LogP contribution in [0.4, 0.5) is 13.2 Å². The largest absolute Gasteiger partial charge is 0.416 e. The van der Waals surface area contributed by atoms with Crippen molar-refractivity contribution in [1.29, 1.82) is 0 Å². The highest BCUT2D eigenvalue weighted by atomic mass is 79.9. The van der Waals surface area contributed by atoms with E-state index in [1.807, 2.05) is 6.07 Å². The predicted octanol–water partition coefficient (Wildman–Crippen LogP) is 5.12. The van der Waals surface area contributed by atoms with Crippen molar-refractivity contribution < 1.29 is 13.2 Å². The second-order valence-corrected chi connectivity index (χ2v) is 6.83. The van der Waals surface area contributed by atoms with Crippen LogP contribution in [0.25, 0.3) is 0 Å². The minimum absolute atomic E-state index is 0.388. The van der Waals surface area contributed by atoms with E-state index in [9.17, 15) is 13.2 Å². The number of hydrogen-bond donors (Lipinski definition) is 2. The van der Waals surface area contributed by atoms with Crippen molar-refractivity contribution in [1.82, 2.24) is 20.5 Å². The molecule has 1 unspecified atom stereocenters. The first-order valence-electron chi connectivity index (χ1n) is 7.54. The van der Waals surface area contributed by atoms with Crippen LogP contribution in [0.5, 0.6) is 0 Å². The first kappa shape index (κ1) is 18.9. The minimum Gasteiger partial charge on any atom is -0.299 e. The fraction of sp³-hybridized carbons (Fsp3) is 0.176. The van der Waals surface area contributed by atoms with Gasteiger partial charge in [-0.15, -0.1) is 0 Å². The molecule has 9 heteroatoms. The molecule has 26 heavy (non-hydrogen) atoms. The van der Waals surface area contributed by atoms with Crippen LogP contribution in [-0.2, 0) is 12.7 Å². The summed E-state index contributed by atoms with van der Waals surface area (Å²) >= 11 is 9.37. The zero-order chi connectivity index (χ0) is 18.7. The predicted molar refractivity (Wildman–Crippen MR) is 95.7 cm³/mol. The summed E-state index contributed by atoms with van der Waals surface area (Å²) in [7, 11) is 0. The topological polar surface area (TPSA) is 53.6 Å². The van der Waals surface area contributed by atoms with Crippen LogP contribution in [0, 0.1) is 0 Å². The van der Waals surface area contributed by atoms with E-state index in [0.717, 1.165) is 22.2 Å². The van der Waals surface area contributed by atoms with Crippen molar-refractivity contribution >= 4 is 27.5 Å². The zero-order valence-corrected chi connectivity index (χ0v) is 15.5. The van der Waals surface area contributed by atoms with Crippen LogP contribution in [0.1, 0.15) is 28.6 Å². The van der Waals surface area contributed by atoms with Gasteiger partial charge in [-0.25, -0.2) is 4.98 Å². The molecule has 3 rings (SSSR count). The van der Waals surface area contributed by atoms with Gasteiger partial charge >= 0.3 is 6.18 Å². The van der Waals surface area contributed by atoms with Crippen molar-refractivity contribution in [2.75, 3.05) is 0 Å². The lowest BCUT2D eigenvalue weighted by Gasteiger charge is -2.19. The molecule has 1 aromatic heterocycles. The lowest BCUT2D eigenvalue weighted by atomic mass is 10.0. The molecule has 4 nitrogen and oxygen atoms in total. The Hall–Kier alpha value is -1.90. The van der Waals surface area contributed by atoms with Crippen LogP contribution in [0.2, 0.25) is 5.02 Å². The molecular weight excluding hydrogens is 433 g/mol. The van der Waals surface area contributed by atoms with E-state index in [1.54, 1.807) is 18.2 Å². The van der Waals surface area contributed by atoms with Gasteiger partial charge in [0.15, 0.2) is 0 Å². The third kappa shape index (κ3) is 4.44. The van der Waals surface area contributed by atoms with E-state index in [4.69, 9.17) is 11.6 Å². The number of nitrogens with one attached hydrogen (secondary N) is 2. The Balaban J connectivity index is 1.89. The summed E-state index contributed by atoms with van der Waals surface area (Å²) in [5, 5.41) is 10.3. The van der Waals surface area contributed by atoms with Gasteiger partial charge in [0.25, 0.3) is 0 Å². The summed E-state index contributed by atoms with van der Waals surface area (Å²) in [6.07, 6.45) is -3.10. The summed E-state index contributed by atoms with van der Waals surface area (Å²) in [4.78, 5) is 4.09. The molecule has 2 N–H and O–H groups in total. The Bertz CT molecular complexity index is 884. The van der Waals surface area contributed by atoms with Crippen LogP contribution in [0.15, 0.2) is 53.3 Å². The highest BCUT2D eigenvalue weighted by Crippen LogP contribution is 2.32. The zero-order valence-electron chi connectivity index (χ0n) is 13.2. The number of rotatable bonds is 5. The Morgan fingerprint density at radius 1 is 1.19 bits per heavy atom. The number of aromatic nitrogens is 3. The number of aromatic amines is 1. The maximum Gasteiger partial charge on any atom is 0.416 e. The van der Waals surface area contributed by atoms with E-state index >= 15 is 0 Å². The fourth-order valence-electron chi connectivity index (χ4n) is 2.50. The van der Waals surface area contributed by atoms with Crippen LogP contribution in [0.3, 0.4) is 0 Å². The number of nitrogens with zero attached hydrogens (tertiary/aromatic N) is 2. The van der Waals surface area contributed by atoms with Gasteiger partial charge in [0, 0.05) is 16.0 Å². The molecule has 1 heterocycles. The maximum atomic E-state index is 13.0. The molecule has 0 saturated heterocycles. The monoisotopic (exact) mass is 444 g/mol. The van der Waals surface area contributed by atoms with Gasteiger partial charge in [0.05, 0.1) is 11.6 Å². The first-order valence-corrected chi connectivity index (χ1v) is 8.71. The molecule has 0 spiro atoms. The first-order chi connectivity index (χ1) is 12.3. The molecule has 0 amide bonds. The van der Waals surface area contributed by atoms with Gasteiger partial charge in [-0.05, 0) is 35.4 Å². The normalized spacial score (nSPS) is 13.0. The highest BCUT2D eigenvalue weighted by molar-refractivity contribution is 9.10. The number of H-pyrrole nitrogens is 1. The summed E-state index contributed by atoms with van der Waals surface area (Å²) in [6.45, 7) is 0.388.